The van der Waals surface area contributed by atoms with Crippen molar-refractivity contribution in [3.63, 3.8) is 0 Å². The lowest BCUT2D eigenvalue weighted by Gasteiger charge is -2.08. The van der Waals surface area contributed by atoms with Gasteiger partial charge in [-0.05, 0) is 24.1 Å². The van der Waals surface area contributed by atoms with Crippen molar-refractivity contribution in [3.05, 3.63) is 71.3 Å². The molecule has 20 heavy (non-hydrogen) atoms. The lowest BCUT2D eigenvalue weighted by molar-refractivity contribution is 0.0936. The maximum atomic E-state index is 12.0. The summed E-state index contributed by atoms with van der Waals surface area (Å²) in [7, 11) is 0. The highest BCUT2D eigenvalue weighted by Crippen LogP contribution is 2.08. The normalized spacial score (nSPS) is 10.0. The maximum Gasteiger partial charge on any atom is 0.252 e. The van der Waals surface area contributed by atoms with Crippen molar-refractivity contribution in [3.8, 4) is 0 Å². The zero-order valence-corrected chi connectivity index (χ0v) is 11.0. The van der Waals surface area contributed by atoms with Crippen LogP contribution in [-0.2, 0) is 6.42 Å². The molecule has 0 spiro atoms. The maximum absolute atomic E-state index is 12.0. The summed E-state index contributed by atoms with van der Waals surface area (Å²) in [4.78, 5) is 23.3. The van der Waals surface area contributed by atoms with E-state index in [9.17, 15) is 9.59 Å². The van der Waals surface area contributed by atoms with E-state index in [0.29, 0.717) is 12.1 Å². The first-order valence-electron chi connectivity index (χ1n) is 6.39. The molecule has 4 nitrogen and oxygen atoms in total. The summed E-state index contributed by atoms with van der Waals surface area (Å²) in [6.45, 7) is 0.510. The molecule has 2 amide bonds. The van der Waals surface area contributed by atoms with Crippen LogP contribution in [0.1, 0.15) is 26.3 Å². The summed E-state index contributed by atoms with van der Waals surface area (Å²) in [5.41, 5.74) is 6.96. The number of nitrogens with two attached hydrogens (primary N) is 1. The van der Waals surface area contributed by atoms with Gasteiger partial charge in [-0.25, -0.2) is 0 Å². The van der Waals surface area contributed by atoms with E-state index in [1.54, 1.807) is 24.3 Å². The van der Waals surface area contributed by atoms with Crippen LogP contribution in [0.15, 0.2) is 54.6 Å². The summed E-state index contributed by atoms with van der Waals surface area (Å²) >= 11 is 0. The SMILES string of the molecule is NC(=O)c1ccccc1C(=O)NCCc1ccccc1. The highest BCUT2D eigenvalue weighted by molar-refractivity contribution is 6.06. The number of benzene rings is 2. The number of nitrogens with one attached hydrogen (secondary N) is 1. The standard InChI is InChI=1S/C16H16N2O2/c17-15(19)13-8-4-5-9-14(13)16(20)18-11-10-12-6-2-1-3-7-12/h1-9H,10-11H2,(H2,17,19)(H,18,20). The molecular weight excluding hydrogens is 252 g/mol. The molecule has 4 heteroatoms. The van der Waals surface area contributed by atoms with Crippen LogP contribution in [0.4, 0.5) is 0 Å². The van der Waals surface area contributed by atoms with Crippen molar-refractivity contribution < 1.29 is 9.59 Å². The van der Waals surface area contributed by atoms with Crippen molar-refractivity contribution in [2.24, 2.45) is 5.73 Å². The molecule has 0 saturated heterocycles. The van der Waals surface area contributed by atoms with Crippen LogP contribution in [0.3, 0.4) is 0 Å². The summed E-state index contributed by atoms with van der Waals surface area (Å²) in [5, 5.41) is 2.80. The van der Waals surface area contributed by atoms with Crippen LogP contribution in [0.2, 0.25) is 0 Å². The van der Waals surface area contributed by atoms with Crippen molar-refractivity contribution in [1.29, 1.82) is 0 Å². The molecule has 0 bridgehead atoms. The van der Waals surface area contributed by atoms with E-state index in [0.717, 1.165) is 12.0 Å². The Hall–Kier alpha value is -2.62. The Kier molecular flexibility index (Phi) is 4.50. The lowest BCUT2D eigenvalue weighted by Crippen LogP contribution is -2.28. The average Bonchev–Trinajstić information content (AvgIpc) is 2.48. The number of primary amides is 1. The predicted octanol–water partition coefficient (Wildman–Crippen LogP) is 1.76. The van der Waals surface area contributed by atoms with Gasteiger partial charge in [-0.15, -0.1) is 0 Å². The van der Waals surface area contributed by atoms with Gasteiger partial charge in [-0.3, -0.25) is 9.59 Å². The first kappa shape index (κ1) is 13.8. The van der Waals surface area contributed by atoms with Gasteiger partial charge in [0.1, 0.15) is 0 Å². The zero-order chi connectivity index (χ0) is 14.4. The Morgan fingerprint density at radius 1 is 0.900 bits per heavy atom. The quantitative estimate of drug-likeness (QED) is 0.867. The third kappa shape index (κ3) is 3.45. The number of hydrogen-bond donors (Lipinski definition) is 2. The smallest absolute Gasteiger partial charge is 0.252 e. The number of carbonyl (C=O) groups excluding carboxylic acids is 2. The van der Waals surface area contributed by atoms with Crippen molar-refractivity contribution >= 4 is 11.8 Å². The first-order chi connectivity index (χ1) is 9.68. The molecule has 3 N–H and O–H groups in total. The molecular formula is C16H16N2O2. The van der Waals surface area contributed by atoms with E-state index in [1.807, 2.05) is 30.3 Å². The van der Waals surface area contributed by atoms with Crippen LogP contribution >= 0.6 is 0 Å². The fourth-order valence-corrected chi connectivity index (χ4v) is 1.96. The van der Waals surface area contributed by atoms with E-state index >= 15 is 0 Å². The summed E-state index contributed by atoms with van der Waals surface area (Å²) in [6.07, 6.45) is 0.741. The van der Waals surface area contributed by atoms with E-state index in [1.165, 1.54) is 0 Å². The minimum Gasteiger partial charge on any atom is -0.366 e. The fraction of sp³-hybridized carbons (Fsp3) is 0.125. The fourth-order valence-electron chi connectivity index (χ4n) is 1.96. The Morgan fingerprint density at radius 3 is 2.15 bits per heavy atom. The van der Waals surface area contributed by atoms with Gasteiger partial charge in [0.05, 0.1) is 11.1 Å². The second kappa shape index (κ2) is 6.52. The van der Waals surface area contributed by atoms with Gasteiger partial charge in [0.25, 0.3) is 5.91 Å². The largest absolute Gasteiger partial charge is 0.366 e. The molecule has 0 heterocycles. The third-order valence-corrected chi connectivity index (χ3v) is 2.98. The zero-order valence-electron chi connectivity index (χ0n) is 11.0. The topological polar surface area (TPSA) is 72.2 Å². The Morgan fingerprint density at radius 2 is 1.50 bits per heavy atom. The van der Waals surface area contributed by atoms with Gasteiger partial charge >= 0.3 is 0 Å². The van der Waals surface area contributed by atoms with Crippen molar-refractivity contribution in [2.75, 3.05) is 6.54 Å². The summed E-state index contributed by atoms with van der Waals surface area (Å²) in [6, 6.07) is 16.4. The average molecular weight is 268 g/mol. The Labute approximate surface area is 117 Å². The highest BCUT2D eigenvalue weighted by atomic mass is 16.2. The van der Waals surface area contributed by atoms with Crippen LogP contribution in [-0.4, -0.2) is 18.4 Å². The van der Waals surface area contributed by atoms with Gasteiger partial charge in [-0.1, -0.05) is 42.5 Å². The van der Waals surface area contributed by atoms with Crippen LogP contribution < -0.4 is 11.1 Å². The number of rotatable bonds is 5. The Bertz CT molecular complexity index is 609. The molecule has 0 aliphatic rings. The van der Waals surface area contributed by atoms with Gasteiger partial charge in [0.2, 0.25) is 5.91 Å². The van der Waals surface area contributed by atoms with Gasteiger partial charge in [0, 0.05) is 6.54 Å². The molecule has 0 radical (unpaired) electrons. The molecule has 0 saturated carbocycles. The van der Waals surface area contributed by atoms with E-state index in [-0.39, 0.29) is 11.5 Å². The number of hydrogen-bond acceptors (Lipinski definition) is 2. The van der Waals surface area contributed by atoms with Crippen LogP contribution in [0.25, 0.3) is 0 Å². The van der Waals surface area contributed by atoms with E-state index < -0.39 is 5.91 Å². The van der Waals surface area contributed by atoms with Gasteiger partial charge in [-0.2, -0.15) is 0 Å². The van der Waals surface area contributed by atoms with Gasteiger partial charge in [0.15, 0.2) is 0 Å². The Balaban J connectivity index is 1.97. The van der Waals surface area contributed by atoms with Crippen molar-refractivity contribution in [1.82, 2.24) is 5.32 Å². The summed E-state index contributed by atoms with van der Waals surface area (Å²) < 4.78 is 0. The first-order valence-corrected chi connectivity index (χ1v) is 6.39. The lowest BCUT2D eigenvalue weighted by atomic mass is 10.1. The number of amides is 2. The minimum absolute atomic E-state index is 0.240. The van der Waals surface area contributed by atoms with Crippen LogP contribution in [0.5, 0.6) is 0 Å². The molecule has 2 aromatic carbocycles. The van der Waals surface area contributed by atoms with Crippen LogP contribution in [0, 0.1) is 0 Å². The third-order valence-electron chi connectivity index (χ3n) is 2.98. The van der Waals surface area contributed by atoms with Gasteiger partial charge < -0.3 is 11.1 Å². The molecule has 0 unspecified atom stereocenters. The molecule has 0 aromatic heterocycles. The van der Waals surface area contributed by atoms with E-state index in [2.05, 4.69) is 5.32 Å². The highest BCUT2D eigenvalue weighted by Gasteiger charge is 2.13. The molecule has 0 fully saturated rings. The molecule has 0 aliphatic heterocycles. The predicted molar refractivity (Wildman–Crippen MR) is 77.4 cm³/mol. The molecule has 102 valence electrons. The molecule has 2 aromatic rings. The number of carbonyl (C=O) groups is 2. The summed E-state index contributed by atoms with van der Waals surface area (Å²) in [5.74, 6) is -0.880. The minimum atomic E-state index is -0.598. The van der Waals surface area contributed by atoms with E-state index in [4.69, 9.17) is 5.73 Å². The molecule has 0 atom stereocenters. The monoisotopic (exact) mass is 268 g/mol. The van der Waals surface area contributed by atoms with Crippen molar-refractivity contribution in [2.45, 2.75) is 6.42 Å². The molecule has 2 rings (SSSR count). The second-order valence-electron chi connectivity index (χ2n) is 4.40. The second-order valence-corrected chi connectivity index (χ2v) is 4.40. The molecule has 0 aliphatic carbocycles.